The predicted octanol–water partition coefficient (Wildman–Crippen LogP) is 2.44. The van der Waals surface area contributed by atoms with Crippen molar-refractivity contribution in [3.8, 4) is 0 Å². The van der Waals surface area contributed by atoms with Gasteiger partial charge < -0.3 is 5.32 Å². The molecule has 0 aromatic carbocycles. The minimum absolute atomic E-state index is 0.268. The second kappa shape index (κ2) is 5.72. The molecular weight excluding hydrogens is 258 g/mol. The Morgan fingerprint density at radius 1 is 1.29 bits per heavy atom. The van der Waals surface area contributed by atoms with Crippen molar-refractivity contribution in [3.63, 3.8) is 0 Å². The van der Waals surface area contributed by atoms with Gasteiger partial charge in [-0.15, -0.1) is 10.2 Å². The molecule has 0 amide bonds. The van der Waals surface area contributed by atoms with Crippen LogP contribution in [0.25, 0.3) is 0 Å². The van der Waals surface area contributed by atoms with Crippen LogP contribution in [0, 0.1) is 0 Å². The Morgan fingerprint density at radius 3 is 2.47 bits per heavy atom. The van der Waals surface area contributed by atoms with Gasteiger partial charge in [-0.3, -0.25) is 0 Å². The molecule has 1 N–H and O–H groups in total. The van der Waals surface area contributed by atoms with Crippen LogP contribution < -0.4 is 5.32 Å². The monoisotopic (exact) mass is 271 g/mol. The Balaban J connectivity index is 2.59. The summed E-state index contributed by atoms with van der Waals surface area (Å²) in [5.41, 5.74) is 0. The van der Waals surface area contributed by atoms with E-state index in [0.717, 1.165) is 0 Å². The number of halogens is 4. The van der Waals surface area contributed by atoms with Gasteiger partial charge in [-0.05, 0) is 0 Å². The molecule has 3 nitrogen and oxygen atoms in total. The molecule has 0 radical (unpaired) electrons. The second-order valence-corrected chi connectivity index (χ2v) is 4.85. The molecule has 1 rings (SSSR count). The van der Waals surface area contributed by atoms with Gasteiger partial charge in [-0.25, -0.2) is 8.78 Å². The first-order valence-corrected chi connectivity index (χ1v) is 5.88. The zero-order chi connectivity index (χ0) is 13.1. The molecule has 0 bridgehead atoms. The molecule has 0 aliphatic carbocycles. The van der Waals surface area contributed by atoms with Crippen molar-refractivity contribution in [2.75, 3.05) is 6.54 Å². The van der Waals surface area contributed by atoms with E-state index < -0.39 is 17.4 Å². The van der Waals surface area contributed by atoms with Gasteiger partial charge in [-0.2, -0.15) is 8.78 Å². The van der Waals surface area contributed by atoms with Crippen LogP contribution in [0.2, 0.25) is 0 Å². The zero-order valence-corrected chi connectivity index (χ0v) is 10.2. The van der Waals surface area contributed by atoms with E-state index in [4.69, 9.17) is 0 Å². The van der Waals surface area contributed by atoms with Gasteiger partial charge in [0.25, 0.3) is 0 Å². The van der Waals surface area contributed by atoms with Crippen LogP contribution in [0.5, 0.6) is 0 Å². The Morgan fingerprint density at radius 2 is 1.94 bits per heavy atom. The van der Waals surface area contributed by atoms with E-state index >= 15 is 0 Å². The summed E-state index contributed by atoms with van der Waals surface area (Å²) in [4.78, 5) is 0. The highest BCUT2D eigenvalue weighted by Gasteiger charge is 2.46. The Kier molecular flexibility index (Phi) is 4.81. The number of hydrogen-bond acceptors (Lipinski definition) is 4. The topological polar surface area (TPSA) is 37.8 Å². The smallest absolute Gasteiger partial charge is 0.314 e. The molecule has 0 saturated heterocycles. The van der Waals surface area contributed by atoms with Crippen LogP contribution in [-0.2, 0) is 12.3 Å². The molecule has 1 heterocycles. The van der Waals surface area contributed by atoms with Crippen molar-refractivity contribution in [1.82, 2.24) is 15.5 Å². The van der Waals surface area contributed by atoms with Crippen LogP contribution in [0.1, 0.15) is 23.9 Å². The minimum Gasteiger partial charge on any atom is -0.314 e. The second-order valence-electron chi connectivity index (χ2n) is 3.78. The minimum atomic E-state index is -4.21. The quantitative estimate of drug-likeness (QED) is 0.807. The van der Waals surface area contributed by atoms with E-state index in [-0.39, 0.29) is 6.04 Å². The average Bonchev–Trinajstić information content (AvgIpc) is 2.66. The molecule has 0 aliphatic rings. The fourth-order valence-corrected chi connectivity index (χ4v) is 1.87. The van der Waals surface area contributed by atoms with Crippen LogP contribution in [0.15, 0.2) is 0 Å². The third kappa shape index (κ3) is 3.88. The van der Waals surface area contributed by atoms with Crippen LogP contribution in [-0.4, -0.2) is 29.2 Å². The third-order valence-corrected chi connectivity index (χ3v) is 2.99. The molecule has 17 heavy (non-hydrogen) atoms. The van der Waals surface area contributed by atoms with Gasteiger partial charge in [0.15, 0.2) is 5.01 Å². The maximum atomic E-state index is 12.9. The summed E-state index contributed by atoms with van der Waals surface area (Å²) in [6.07, 6.45) is -3.35. The fraction of sp³-hybridized carbons (Fsp3) is 0.778. The van der Waals surface area contributed by atoms with E-state index in [1.807, 2.05) is 13.8 Å². The highest BCUT2D eigenvalue weighted by molar-refractivity contribution is 7.11. The molecule has 8 heteroatoms. The first-order valence-electron chi connectivity index (χ1n) is 5.06. The average molecular weight is 271 g/mol. The van der Waals surface area contributed by atoms with Crippen molar-refractivity contribution in [1.29, 1.82) is 0 Å². The molecule has 0 unspecified atom stereocenters. The molecule has 0 aliphatic heterocycles. The molecule has 0 fully saturated rings. The SMILES string of the molecule is CC(C)NCCc1nnc(C(F)(F)C(F)F)s1. The molecule has 0 atom stereocenters. The molecule has 0 spiro atoms. The highest BCUT2D eigenvalue weighted by atomic mass is 32.1. The normalized spacial score (nSPS) is 12.7. The van der Waals surface area contributed by atoms with Gasteiger partial charge in [-0.1, -0.05) is 25.2 Å². The Labute approximate surface area is 100 Å². The maximum absolute atomic E-state index is 12.9. The van der Waals surface area contributed by atoms with Gasteiger partial charge in [0.05, 0.1) is 0 Å². The lowest BCUT2D eigenvalue weighted by Gasteiger charge is -2.10. The summed E-state index contributed by atoms with van der Waals surface area (Å²) in [6.45, 7) is 4.43. The zero-order valence-electron chi connectivity index (χ0n) is 9.38. The fourth-order valence-electron chi connectivity index (χ4n) is 1.05. The first-order chi connectivity index (χ1) is 7.84. The van der Waals surface area contributed by atoms with E-state index in [0.29, 0.717) is 29.3 Å². The Bertz CT molecular complexity index is 354. The summed E-state index contributed by atoms with van der Waals surface area (Å²) >= 11 is 0.528. The van der Waals surface area contributed by atoms with E-state index in [1.165, 1.54) is 0 Å². The first kappa shape index (κ1) is 14.3. The predicted molar refractivity (Wildman–Crippen MR) is 56.6 cm³/mol. The van der Waals surface area contributed by atoms with E-state index in [2.05, 4.69) is 15.5 Å². The van der Waals surface area contributed by atoms with Gasteiger partial charge in [0, 0.05) is 19.0 Å². The van der Waals surface area contributed by atoms with Crippen LogP contribution in [0.3, 0.4) is 0 Å². The number of rotatable bonds is 6. The molecule has 0 saturated carbocycles. The van der Waals surface area contributed by atoms with Crippen molar-refractivity contribution >= 4 is 11.3 Å². The van der Waals surface area contributed by atoms with Crippen molar-refractivity contribution in [2.45, 2.75) is 38.7 Å². The lowest BCUT2D eigenvalue weighted by molar-refractivity contribution is -0.135. The van der Waals surface area contributed by atoms with Crippen molar-refractivity contribution in [3.05, 3.63) is 10.0 Å². The number of nitrogens with zero attached hydrogens (tertiary/aromatic N) is 2. The highest BCUT2D eigenvalue weighted by Crippen LogP contribution is 2.36. The van der Waals surface area contributed by atoms with Crippen molar-refractivity contribution in [2.24, 2.45) is 0 Å². The standard InChI is InChI=1S/C9H13F4N3S/c1-5(2)14-4-3-6-15-16-8(17-6)9(12,13)7(10)11/h5,7,14H,3-4H2,1-2H3. The summed E-state index contributed by atoms with van der Waals surface area (Å²) in [5.74, 6) is -4.21. The molecule has 1 aromatic heterocycles. The third-order valence-electron chi connectivity index (χ3n) is 1.92. The van der Waals surface area contributed by atoms with Gasteiger partial charge >= 0.3 is 12.3 Å². The summed E-state index contributed by atoms with van der Waals surface area (Å²) in [7, 11) is 0. The van der Waals surface area contributed by atoms with E-state index in [9.17, 15) is 17.6 Å². The van der Waals surface area contributed by atoms with E-state index in [1.54, 1.807) is 0 Å². The largest absolute Gasteiger partial charge is 0.359 e. The number of hydrogen-bond donors (Lipinski definition) is 1. The summed E-state index contributed by atoms with van der Waals surface area (Å²) in [5, 5.41) is 9.07. The van der Waals surface area contributed by atoms with Gasteiger partial charge in [0.2, 0.25) is 0 Å². The molecular formula is C9H13F4N3S. The maximum Gasteiger partial charge on any atom is 0.359 e. The number of aromatic nitrogens is 2. The number of alkyl halides is 4. The molecule has 1 aromatic rings. The van der Waals surface area contributed by atoms with Crippen molar-refractivity contribution < 1.29 is 17.6 Å². The Hall–Kier alpha value is -0.760. The number of nitrogens with one attached hydrogen (secondary N) is 1. The molecule has 98 valence electrons. The van der Waals surface area contributed by atoms with Crippen LogP contribution in [0.4, 0.5) is 17.6 Å². The lowest BCUT2D eigenvalue weighted by Crippen LogP contribution is -2.24. The van der Waals surface area contributed by atoms with Crippen LogP contribution >= 0.6 is 11.3 Å². The lowest BCUT2D eigenvalue weighted by atomic mass is 10.3. The summed E-state index contributed by atoms with van der Waals surface area (Å²) < 4.78 is 49.9. The van der Waals surface area contributed by atoms with Gasteiger partial charge in [0.1, 0.15) is 5.01 Å². The summed E-state index contributed by atoms with van der Waals surface area (Å²) in [6, 6.07) is 0.268.